The van der Waals surface area contributed by atoms with Crippen molar-refractivity contribution in [2.24, 2.45) is 5.73 Å². The minimum absolute atomic E-state index is 0.210. The highest BCUT2D eigenvalue weighted by Crippen LogP contribution is 2.25. The summed E-state index contributed by atoms with van der Waals surface area (Å²) in [6.45, 7) is 0.210. The lowest BCUT2D eigenvalue weighted by atomic mass is 10.2. The minimum atomic E-state index is 0.210. The van der Waals surface area contributed by atoms with Gasteiger partial charge < -0.3 is 10.3 Å². The van der Waals surface area contributed by atoms with Crippen molar-refractivity contribution in [3.63, 3.8) is 0 Å². The molecule has 4 nitrogen and oxygen atoms in total. The van der Waals surface area contributed by atoms with Gasteiger partial charge in [-0.3, -0.25) is 0 Å². The second-order valence-electron chi connectivity index (χ2n) is 2.87. The molecule has 0 aliphatic heterocycles. The maximum Gasteiger partial charge on any atom is 0.240 e. The zero-order valence-electron chi connectivity index (χ0n) is 7.58. The number of hydrogen-bond acceptors (Lipinski definition) is 4. The van der Waals surface area contributed by atoms with E-state index in [-0.39, 0.29) is 6.54 Å². The summed E-state index contributed by atoms with van der Waals surface area (Å²) in [6, 6.07) is 5.05. The molecule has 1 aromatic heterocycles. The molecule has 0 atom stereocenters. The molecule has 15 heavy (non-hydrogen) atoms. The highest BCUT2D eigenvalue weighted by Gasteiger charge is 2.08. The first-order valence-corrected chi connectivity index (χ1v) is 4.94. The van der Waals surface area contributed by atoms with Crippen LogP contribution in [0.3, 0.4) is 0 Å². The van der Waals surface area contributed by atoms with Gasteiger partial charge in [-0.05, 0) is 18.2 Å². The summed E-state index contributed by atoms with van der Waals surface area (Å²) in [6.07, 6.45) is 0. The lowest BCUT2D eigenvalue weighted by molar-refractivity contribution is 0.380. The molecule has 6 heteroatoms. The molecule has 0 radical (unpaired) electrons. The summed E-state index contributed by atoms with van der Waals surface area (Å²) in [5.74, 6) is 0.806. The van der Waals surface area contributed by atoms with Crippen LogP contribution < -0.4 is 5.73 Å². The average molecular weight is 244 g/mol. The highest BCUT2D eigenvalue weighted by molar-refractivity contribution is 6.35. The van der Waals surface area contributed by atoms with Crippen LogP contribution in [0.1, 0.15) is 5.89 Å². The molecular formula is C9H7Cl2N3O. The molecule has 1 heterocycles. The van der Waals surface area contributed by atoms with Crippen LogP contribution in [0.25, 0.3) is 11.4 Å². The highest BCUT2D eigenvalue weighted by atomic mass is 35.5. The van der Waals surface area contributed by atoms with Gasteiger partial charge in [0, 0.05) is 15.6 Å². The number of rotatable bonds is 2. The van der Waals surface area contributed by atoms with E-state index >= 15 is 0 Å². The number of nitrogens with two attached hydrogens (primary N) is 1. The third-order valence-electron chi connectivity index (χ3n) is 1.76. The van der Waals surface area contributed by atoms with E-state index in [0.29, 0.717) is 27.3 Å². The third kappa shape index (κ3) is 2.28. The standard InChI is InChI=1S/C9H7Cl2N3O/c10-6-1-5(2-7(11)3-6)9-13-8(4-12)15-14-9/h1-3H,4,12H2. The largest absolute Gasteiger partial charge is 0.338 e. The second kappa shape index (κ2) is 4.18. The lowest BCUT2D eigenvalue weighted by Crippen LogP contribution is -1.95. The summed E-state index contributed by atoms with van der Waals surface area (Å²) in [5.41, 5.74) is 6.06. The first-order valence-electron chi connectivity index (χ1n) is 4.18. The van der Waals surface area contributed by atoms with Gasteiger partial charge in [0.1, 0.15) is 0 Å². The van der Waals surface area contributed by atoms with Gasteiger partial charge >= 0.3 is 0 Å². The zero-order valence-corrected chi connectivity index (χ0v) is 9.09. The number of halogens is 2. The number of aromatic nitrogens is 2. The summed E-state index contributed by atoms with van der Waals surface area (Å²) in [4.78, 5) is 4.06. The Kier molecular flexibility index (Phi) is 2.90. The van der Waals surface area contributed by atoms with E-state index in [4.69, 9.17) is 33.5 Å². The molecule has 0 saturated carbocycles. The van der Waals surface area contributed by atoms with Crippen molar-refractivity contribution in [3.8, 4) is 11.4 Å². The molecule has 1 aromatic carbocycles. The summed E-state index contributed by atoms with van der Waals surface area (Å²) in [7, 11) is 0. The van der Waals surface area contributed by atoms with E-state index < -0.39 is 0 Å². The Hall–Kier alpha value is -1.10. The normalized spacial score (nSPS) is 10.6. The van der Waals surface area contributed by atoms with Crippen molar-refractivity contribution in [1.29, 1.82) is 0 Å². The maximum atomic E-state index is 5.85. The van der Waals surface area contributed by atoms with Crippen molar-refractivity contribution in [2.75, 3.05) is 0 Å². The quantitative estimate of drug-likeness (QED) is 0.881. The molecule has 2 rings (SSSR count). The molecule has 2 N–H and O–H groups in total. The Morgan fingerprint density at radius 3 is 2.40 bits per heavy atom. The molecule has 0 saturated heterocycles. The first-order chi connectivity index (χ1) is 7.19. The Balaban J connectivity index is 2.44. The van der Waals surface area contributed by atoms with E-state index in [1.54, 1.807) is 18.2 Å². The molecule has 0 unspecified atom stereocenters. The molecule has 0 fully saturated rings. The number of nitrogens with zero attached hydrogens (tertiary/aromatic N) is 2. The monoisotopic (exact) mass is 243 g/mol. The molecule has 2 aromatic rings. The Labute approximate surface area is 96.0 Å². The van der Waals surface area contributed by atoms with Gasteiger partial charge in [0.15, 0.2) is 0 Å². The van der Waals surface area contributed by atoms with Crippen LogP contribution in [0.4, 0.5) is 0 Å². The van der Waals surface area contributed by atoms with Gasteiger partial charge in [-0.15, -0.1) is 0 Å². The maximum absolute atomic E-state index is 5.85. The van der Waals surface area contributed by atoms with Gasteiger partial charge in [0.05, 0.1) is 6.54 Å². The second-order valence-corrected chi connectivity index (χ2v) is 3.75. The molecule has 78 valence electrons. The molecule has 0 aliphatic rings. The Morgan fingerprint density at radius 2 is 1.87 bits per heavy atom. The Morgan fingerprint density at radius 1 is 1.20 bits per heavy atom. The van der Waals surface area contributed by atoms with E-state index in [9.17, 15) is 0 Å². The van der Waals surface area contributed by atoms with Crippen molar-refractivity contribution in [3.05, 3.63) is 34.1 Å². The van der Waals surface area contributed by atoms with Gasteiger partial charge in [0.2, 0.25) is 11.7 Å². The topological polar surface area (TPSA) is 64.9 Å². The molecule has 0 spiro atoms. The molecule has 0 bridgehead atoms. The lowest BCUT2D eigenvalue weighted by Gasteiger charge is -1.96. The molecule has 0 aliphatic carbocycles. The summed E-state index contributed by atoms with van der Waals surface area (Å²) in [5, 5.41) is 4.81. The van der Waals surface area contributed by atoms with Crippen LogP contribution in [0.15, 0.2) is 22.7 Å². The minimum Gasteiger partial charge on any atom is -0.338 e. The van der Waals surface area contributed by atoms with Gasteiger partial charge in [-0.1, -0.05) is 28.4 Å². The van der Waals surface area contributed by atoms with E-state index in [0.717, 1.165) is 0 Å². The van der Waals surface area contributed by atoms with Crippen molar-refractivity contribution < 1.29 is 4.52 Å². The predicted molar refractivity (Wildman–Crippen MR) is 57.6 cm³/mol. The SMILES string of the molecule is NCc1nc(-c2cc(Cl)cc(Cl)c2)no1. The van der Waals surface area contributed by atoms with Crippen LogP contribution >= 0.6 is 23.2 Å². The van der Waals surface area contributed by atoms with Crippen molar-refractivity contribution in [2.45, 2.75) is 6.54 Å². The molecule has 0 amide bonds. The van der Waals surface area contributed by atoms with Crippen LogP contribution in [-0.2, 0) is 6.54 Å². The molecular weight excluding hydrogens is 237 g/mol. The van der Waals surface area contributed by atoms with Crippen LogP contribution in [0, 0.1) is 0 Å². The van der Waals surface area contributed by atoms with E-state index in [1.165, 1.54) is 0 Å². The first kappa shape index (κ1) is 10.4. The summed E-state index contributed by atoms with van der Waals surface area (Å²) < 4.78 is 4.88. The number of hydrogen-bond donors (Lipinski definition) is 1. The van der Waals surface area contributed by atoms with Gasteiger partial charge in [-0.2, -0.15) is 4.98 Å². The van der Waals surface area contributed by atoms with Crippen LogP contribution in [0.2, 0.25) is 10.0 Å². The average Bonchev–Trinajstić information content (AvgIpc) is 2.64. The number of benzene rings is 1. The smallest absolute Gasteiger partial charge is 0.240 e. The van der Waals surface area contributed by atoms with Crippen molar-refractivity contribution >= 4 is 23.2 Å². The van der Waals surface area contributed by atoms with E-state index in [2.05, 4.69) is 10.1 Å². The predicted octanol–water partition coefficient (Wildman–Crippen LogP) is 2.50. The fourth-order valence-electron chi connectivity index (χ4n) is 1.14. The van der Waals surface area contributed by atoms with Crippen molar-refractivity contribution in [1.82, 2.24) is 10.1 Å². The fraction of sp³-hybridized carbons (Fsp3) is 0.111. The fourth-order valence-corrected chi connectivity index (χ4v) is 1.66. The van der Waals surface area contributed by atoms with Gasteiger partial charge in [0.25, 0.3) is 0 Å². The Bertz CT molecular complexity index is 464. The summed E-state index contributed by atoms with van der Waals surface area (Å²) >= 11 is 11.7. The third-order valence-corrected chi connectivity index (χ3v) is 2.20. The van der Waals surface area contributed by atoms with Crippen LogP contribution in [0.5, 0.6) is 0 Å². The zero-order chi connectivity index (χ0) is 10.8. The van der Waals surface area contributed by atoms with Gasteiger partial charge in [-0.25, -0.2) is 0 Å². The van der Waals surface area contributed by atoms with E-state index in [1.807, 2.05) is 0 Å². The van der Waals surface area contributed by atoms with Crippen LogP contribution in [-0.4, -0.2) is 10.1 Å².